The first-order valence-corrected chi connectivity index (χ1v) is 4.59. The third-order valence-electron chi connectivity index (χ3n) is 2.10. The molecule has 1 aliphatic rings. The van der Waals surface area contributed by atoms with E-state index in [1.54, 1.807) is 13.8 Å². The molecular formula is C10H14O4. The summed E-state index contributed by atoms with van der Waals surface area (Å²) in [5, 5.41) is 8.80. The molecule has 0 radical (unpaired) electrons. The first kappa shape index (κ1) is 10.8. The fraction of sp³-hybridized carbons (Fsp3) is 0.600. The van der Waals surface area contributed by atoms with Crippen LogP contribution in [0.4, 0.5) is 0 Å². The van der Waals surface area contributed by atoms with Gasteiger partial charge in [0.15, 0.2) is 0 Å². The van der Waals surface area contributed by atoms with Gasteiger partial charge in [-0.2, -0.15) is 0 Å². The Morgan fingerprint density at radius 3 is 2.36 bits per heavy atom. The molecule has 78 valence electrons. The average molecular weight is 198 g/mol. The van der Waals surface area contributed by atoms with Gasteiger partial charge in [0.2, 0.25) is 0 Å². The van der Waals surface area contributed by atoms with Crippen LogP contribution in [0.1, 0.15) is 26.7 Å². The topological polar surface area (TPSA) is 63.6 Å². The number of esters is 1. The van der Waals surface area contributed by atoms with E-state index in [9.17, 15) is 9.59 Å². The van der Waals surface area contributed by atoms with Crippen LogP contribution in [-0.2, 0) is 14.3 Å². The quantitative estimate of drug-likeness (QED) is 0.547. The fourth-order valence-corrected chi connectivity index (χ4v) is 1.09. The van der Waals surface area contributed by atoms with Crippen LogP contribution < -0.4 is 0 Å². The lowest BCUT2D eigenvalue weighted by Crippen LogP contribution is -2.13. The van der Waals surface area contributed by atoms with E-state index in [-0.39, 0.29) is 6.10 Å². The standard InChI is InChI=1S/C10H14O4/c1-7(2)14-8(11)3-4-10(5-6-10)9(12)13/h3-4,7H,5-6H2,1-2H3,(H,12,13)/b4-3+. The lowest BCUT2D eigenvalue weighted by molar-refractivity contribution is -0.141. The summed E-state index contributed by atoms with van der Waals surface area (Å²) in [6.45, 7) is 3.49. The minimum atomic E-state index is -0.869. The van der Waals surface area contributed by atoms with Gasteiger partial charge >= 0.3 is 11.9 Å². The molecule has 0 aromatic carbocycles. The lowest BCUT2D eigenvalue weighted by atomic mass is 10.1. The number of carboxylic acids is 1. The second-order valence-corrected chi connectivity index (χ2v) is 3.78. The molecule has 0 atom stereocenters. The van der Waals surface area contributed by atoms with E-state index >= 15 is 0 Å². The monoisotopic (exact) mass is 198 g/mol. The minimum Gasteiger partial charge on any atom is -0.481 e. The molecule has 0 aliphatic heterocycles. The van der Waals surface area contributed by atoms with E-state index in [1.807, 2.05) is 0 Å². The van der Waals surface area contributed by atoms with Crippen LogP contribution in [0.25, 0.3) is 0 Å². The van der Waals surface area contributed by atoms with Gasteiger partial charge < -0.3 is 9.84 Å². The largest absolute Gasteiger partial charge is 0.481 e. The summed E-state index contributed by atoms with van der Waals surface area (Å²) in [7, 11) is 0. The van der Waals surface area contributed by atoms with Gasteiger partial charge in [-0.3, -0.25) is 4.79 Å². The van der Waals surface area contributed by atoms with E-state index in [2.05, 4.69) is 0 Å². The number of hydrogen-bond donors (Lipinski definition) is 1. The lowest BCUT2D eigenvalue weighted by Gasteiger charge is -2.05. The van der Waals surface area contributed by atoms with Gasteiger partial charge in [-0.05, 0) is 26.7 Å². The van der Waals surface area contributed by atoms with Crippen molar-refractivity contribution in [3.05, 3.63) is 12.2 Å². The molecule has 1 aliphatic carbocycles. The summed E-state index contributed by atoms with van der Waals surface area (Å²) in [5.41, 5.74) is -0.796. The molecule has 0 unspecified atom stereocenters. The van der Waals surface area contributed by atoms with Gasteiger partial charge in [-0.25, -0.2) is 4.79 Å². The molecule has 0 bridgehead atoms. The number of carbonyl (C=O) groups excluding carboxylic acids is 1. The number of ether oxygens (including phenoxy) is 1. The second kappa shape index (κ2) is 3.82. The summed E-state index contributed by atoms with van der Waals surface area (Å²) >= 11 is 0. The van der Waals surface area contributed by atoms with Crippen molar-refractivity contribution < 1.29 is 19.4 Å². The van der Waals surface area contributed by atoms with Gasteiger partial charge in [0.25, 0.3) is 0 Å². The fourth-order valence-electron chi connectivity index (χ4n) is 1.09. The Morgan fingerprint density at radius 2 is 2.00 bits per heavy atom. The number of carbonyl (C=O) groups is 2. The molecule has 0 aromatic rings. The zero-order chi connectivity index (χ0) is 10.8. The highest BCUT2D eigenvalue weighted by Gasteiger charge is 2.47. The van der Waals surface area contributed by atoms with Crippen LogP contribution in [0.15, 0.2) is 12.2 Å². The van der Waals surface area contributed by atoms with Crippen LogP contribution in [0.3, 0.4) is 0 Å². The second-order valence-electron chi connectivity index (χ2n) is 3.78. The van der Waals surface area contributed by atoms with Crippen molar-refractivity contribution in [1.82, 2.24) is 0 Å². The molecule has 0 spiro atoms. The zero-order valence-electron chi connectivity index (χ0n) is 8.32. The summed E-state index contributed by atoms with van der Waals surface area (Å²) in [5.74, 6) is -1.35. The first-order chi connectivity index (χ1) is 6.46. The van der Waals surface area contributed by atoms with Gasteiger partial charge in [-0.1, -0.05) is 6.08 Å². The van der Waals surface area contributed by atoms with E-state index in [0.717, 1.165) is 0 Å². The van der Waals surface area contributed by atoms with Crippen LogP contribution in [0, 0.1) is 5.41 Å². The Balaban J connectivity index is 2.48. The molecule has 0 saturated heterocycles. The Labute approximate surface area is 82.6 Å². The van der Waals surface area contributed by atoms with Gasteiger partial charge in [-0.15, -0.1) is 0 Å². The maximum Gasteiger partial charge on any atom is 0.330 e. The van der Waals surface area contributed by atoms with E-state index in [4.69, 9.17) is 9.84 Å². The minimum absolute atomic E-state index is 0.174. The number of hydrogen-bond acceptors (Lipinski definition) is 3. The molecule has 14 heavy (non-hydrogen) atoms. The van der Waals surface area contributed by atoms with Gasteiger partial charge in [0.1, 0.15) is 0 Å². The highest BCUT2D eigenvalue weighted by atomic mass is 16.5. The molecule has 0 aromatic heterocycles. The van der Waals surface area contributed by atoms with Crippen molar-refractivity contribution in [3.63, 3.8) is 0 Å². The van der Waals surface area contributed by atoms with Crippen LogP contribution in [0.2, 0.25) is 0 Å². The molecular weight excluding hydrogens is 184 g/mol. The molecule has 1 N–H and O–H groups in total. The Hall–Kier alpha value is -1.32. The third-order valence-corrected chi connectivity index (χ3v) is 2.10. The third kappa shape index (κ3) is 2.58. The summed E-state index contributed by atoms with van der Waals surface area (Å²) < 4.78 is 4.83. The van der Waals surface area contributed by atoms with E-state index in [0.29, 0.717) is 12.8 Å². The van der Waals surface area contributed by atoms with Crippen LogP contribution in [0.5, 0.6) is 0 Å². The van der Waals surface area contributed by atoms with Crippen molar-refractivity contribution in [2.45, 2.75) is 32.8 Å². The van der Waals surface area contributed by atoms with E-state index in [1.165, 1.54) is 12.2 Å². The maximum absolute atomic E-state index is 11.0. The molecule has 1 saturated carbocycles. The SMILES string of the molecule is CC(C)OC(=O)/C=C/C1(C(=O)O)CC1. The molecule has 1 rings (SSSR count). The van der Waals surface area contributed by atoms with Crippen molar-refractivity contribution >= 4 is 11.9 Å². The zero-order valence-corrected chi connectivity index (χ0v) is 8.32. The predicted molar refractivity (Wildman–Crippen MR) is 49.7 cm³/mol. The summed E-state index contributed by atoms with van der Waals surface area (Å²) in [4.78, 5) is 21.8. The Bertz CT molecular complexity index is 274. The number of rotatable bonds is 4. The highest BCUT2D eigenvalue weighted by molar-refractivity contribution is 5.86. The molecule has 0 heterocycles. The van der Waals surface area contributed by atoms with Crippen LogP contribution >= 0.6 is 0 Å². The Morgan fingerprint density at radius 1 is 1.43 bits per heavy atom. The van der Waals surface area contributed by atoms with E-state index < -0.39 is 17.4 Å². The summed E-state index contributed by atoms with van der Waals surface area (Å²) in [6.07, 6.45) is 3.68. The predicted octanol–water partition coefficient (Wildman–Crippen LogP) is 1.36. The molecule has 4 nitrogen and oxygen atoms in total. The van der Waals surface area contributed by atoms with Gasteiger partial charge in [0, 0.05) is 6.08 Å². The van der Waals surface area contributed by atoms with Crippen molar-refractivity contribution in [2.75, 3.05) is 0 Å². The first-order valence-electron chi connectivity index (χ1n) is 4.59. The molecule has 0 amide bonds. The Kier molecular flexibility index (Phi) is 2.93. The summed E-state index contributed by atoms with van der Waals surface area (Å²) in [6, 6.07) is 0. The van der Waals surface area contributed by atoms with Crippen LogP contribution in [-0.4, -0.2) is 23.1 Å². The smallest absolute Gasteiger partial charge is 0.330 e. The van der Waals surface area contributed by atoms with Crippen molar-refractivity contribution in [1.29, 1.82) is 0 Å². The van der Waals surface area contributed by atoms with Crippen molar-refractivity contribution in [3.8, 4) is 0 Å². The molecule has 4 heteroatoms. The normalized spacial score (nSPS) is 18.5. The maximum atomic E-state index is 11.0. The average Bonchev–Trinajstić information content (AvgIpc) is 2.79. The molecule has 1 fully saturated rings. The van der Waals surface area contributed by atoms with Crippen molar-refractivity contribution in [2.24, 2.45) is 5.41 Å². The number of aliphatic carboxylic acids is 1. The van der Waals surface area contributed by atoms with Gasteiger partial charge in [0.05, 0.1) is 11.5 Å². The highest BCUT2D eigenvalue weighted by Crippen LogP contribution is 2.47. The number of carboxylic acid groups (broad SMARTS) is 1.